The van der Waals surface area contributed by atoms with Gasteiger partial charge in [-0.25, -0.2) is 0 Å². The van der Waals surface area contributed by atoms with Crippen LogP contribution in [0.5, 0.6) is 0 Å². The molecule has 0 atom stereocenters. The molecule has 1 N–H and O–H groups in total. The molecule has 3 nitrogen and oxygen atoms in total. The molecule has 2 aromatic rings. The van der Waals surface area contributed by atoms with Crippen molar-refractivity contribution in [3.05, 3.63) is 40.5 Å². The minimum absolute atomic E-state index is 0.137. The van der Waals surface area contributed by atoms with Gasteiger partial charge in [0.15, 0.2) is 0 Å². The molecule has 1 aromatic carbocycles. The predicted octanol–water partition coefficient (Wildman–Crippen LogP) is 3.43. The number of hydrogen-bond acceptors (Lipinski definition) is 3. The lowest BCUT2D eigenvalue weighted by Gasteiger charge is -2.32. The van der Waals surface area contributed by atoms with Gasteiger partial charge < -0.3 is 10.2 Å². The smallest absolute Gasteiger partial charge is 0.0758 e. The molecule has 0 aliphatic carbocycles. The summed E-state index contributed by atoms with van der Waals surface area (Å²) < 4.78 is 1.10. The SMILES string of the molecule is CN(C)C(C)(C)CNCc1ccc(Br)c2cccnc12. The molecule has 2 rings (SSSR count). The number of pyridine rings is 1. The van der Waals surface area contributed by atoms with E-state index in [1.54, 1.807) is 0 Å². The number of rotatable bonds is 5. The van der Waals surface area contributed by atoms with E-state index in [0.29, 0.717) is 0 Å². The zero-order valence-electron chi connectivity index (χ0n) is 12.6. The van der Waals surface area contributed by atoms with Crippen molar-refractivity contribution >= 4 is 26.8 Å². The monoisotopic (exact) mass is 335 g/mol. The Morgan fingerprint density at radius 1 is 1.25 bits per heavy atom. The zero-order valence-corrected chi connectivity index (χ0v) is 14.2. The van der Waals surface area contributed by atoms with Crippen molar-refractivity contribution in [1.29, 1.82) is 0 Å². The number of halogens is 1. The minimum Gasteiger partial charge on any atom is -0.311 e. The summed E-state index contributed by atoms with van der Waals surface area (Å²) in [5.41, 5.74) is 2.44. The maximum Gasteiger partial charge on any atom is 0.0758 e. The largest absolute Gasteiger partial charge is 0.311 e. The van der Waals surface area contributed by atoms with Gasteiger partial charge in [0, 0.05) is 34.7 Å². The molecule has 0 saturated carbocycles. The van der Waals surface area contributed by atoms with E-state index < -0.39 is 0 Å². The lowest BCUT2D eigenvalue weighted by Crippen LogP contribution is -2.46. The molecule has 0 saturated heterocycles. The number of nitrogens with one attached hydrogen (secondary N) is 1. The van der Waals surface area contributed by atoms with E-state index in [-0.39, 0.29) is 5.54 Å². The molecule has 0 fully saturated rings. The fraction of sp³-hybridized carbons (Fsp3) is 0.438. The molecule has 4 heteroatoms. The first-order chi connectivity index (χ1) is 9.42. The number of hydrogen-bond donors (Lipinski definition) is 1. The van der Waals surface area contributed by atoms with Gasteiger partial charge in [-0.15, -0.1) is 0 Å². The van der Waals surface area contributed by atoms with Crippen LogP contribution in [0.15, 0.2) is 34.9 Å². The molecule has 1 heterocycles. The van der Waals surface area contributed by atoms with Crippen LogP contribution in [0.2, 0.25) is 0 Å². The average Bonchev–Trinajstić information content (AvgIpc) is 2.41. The molecular weight excluding hydrogens is 314 g/mol. The van der Waals surface area contributed by atoms with Crippen LogP contribution in [-0.2, 0) is 6.54 Å². The number of nitrogens with zero attached hydrogens (tertiary/aromatic N) is 2. The standard InChI is InChI=1S/C16H22BrN3/c1-16(2,20(3)4)11-18-10-12-7-8-14(17)13-6-5-9-19-15(12)13/h5-9,18H,10-11H2,1-4H3. The Morgan fingerprint density at radius 2 is 2.00 bits per heavy atom. The summed E-state index contributed by atoms with van der Waals surface area (Å²) >= 11 is 3.58. The van der Waals surface area contributed by atoms with Crippen molar-refractivity contribution in [1.82, 2.24) is 15.2 Å². The van der Waals surface area contributed by atoms with Crippen molar-refractivity contribution in [2.45, 2.75) is 25.9 Å². The van der Waals surface area contributed by atoms with Crippen LogP contribution < -0.4 is 5.32 Å². The summed E-state index contributed by atoms with van der Waals surface area (Å²) in [7, 11) is 4.22. The summed E-state index contributed by atoms with van der Waals surface area (Å²) in [5, 5.41) is 4.70. The quantitative estimate of drug-likeness (QED) is 0.907. The first kappa shape index (κ1) is 15.4. The van der Waals surface area contributed by atoms with E-state index >= 15 is 0 Å². The van der Waals surface area contributed by atoms with E-state index in [2.05, 4.69) is 77.3 Å². The third-order valence-corrected chi connectivity index (χ3v) is 4.58. The van der Waals surface area contributed by atoms with Crippen molar-refractivity contribution in [3.8, 4) is 0 Å². The van der Waals surface area contributed by atoms with E-state index in [4.69, 9.17) is 0 Å². The summed E-state index contributed by atoms with van der Waals surface area (Å²) in [6, 6.07) is 8.30. The second kappa shape index (κ2) is 6.20. The topological polar surface area (TPSA) is 28.2 Å². The first-order valence-corrected chi connectivity index (χ1v) is 7.61. The van der Waals surface area contributed by atoms with Crippen molar-refractivity contribution in [2.75, 3.05) is 20.6 Å². The van der Waals surface area contributed by atoms with Gasteiger partial charge >= 0.3 is 0 Å². The van der Waals surface area contributed by atoms with Gasteiger partial charge in [-0.1, -0.05) is 28.1 Å². The molecule has 20 heavy (non-hydrogen) atoms. The lowest BCUT2D eigenvalue weighted by molar-refractivity contribution is 0.190. The van der Waals surface area contributed by atoms with E-state index in [9.17, 15) is 0 Å². The van der Waals surface area contributed by atoms with E-state index in [0.717, 1.165) is 23.1 Å². The lowest BCUT2D eigenvalue weighted by atomic mass is 10.0. The van der Waals surface area contributed by atoms with Gasteiger partial charge in [0.2, 0.25) is 0 Å². The highest BCUT2D eigenvalue weighted by molar-refractivity contribution is 9.10. The Balaban J connectivity index is 2.13. The first-order valence-electron chi connectivity index (χ1n) is 6.82. The number of fused-ring (bicyclic) bond motifs is 1. The summed E-state index contributed by atoms with van der Waals surface area (Å²) in [5.74, 6) is 0. The fourth-order valence-corrected chi connectivity index (χ4v) is 2.45. The second-order valence-corrected chi connectivity index (χ2v) is 6.77. The van der Waals surface area contributed by atoms with Crippen LogP contribution in [-0.4, -0.2) is 36.1 Å². The molecular formula is C16H22BrN3. The van der Waals surface area contributed by atoms with Crippen molar-refractivity contribution in [3.63, 3.8) is 0 Å². The van der Waals surface area contributed by atoms with Gasteiger partial charge in [-0.3, -0.25) is 4.98 Å². The van der Waals surface area contributed by atoms with Gasteiger partial charge in [-0.2, -0.15) is 0 Å². The second-order valence-electron chi connectivity index (χ2n) is 5.92. The average molecular weight is 336 g/mol. The van der Waals surface area contributed by atoms with Gasteiger partial charge in [0.25, 0.3) is 0 Å². The molecule has 0 radical (unpaired) electrons. The number of aromatic nitrogens is 1. The van der Waals surface area contributed by atoms with Gasteiger partial charge in [0.1, 0.15) is 0 Å². The van der Waals surface area contributed by atoms with Crippen molar-refractivity contribution < 1.29 is 0 Å². The Labute approximate surface area is 129 Å². The maximum absolute atomic E-state index is 4.51. The fourth-order valence-electron chi connectivity index (χ4n) is 2.00. The minimum atomic E-state index is 0.137. The molecule has 0 amide bonds. The molecule has 0 bridgehead atoms. The van der Waals surface area contributed by atoms with Gasteiger partial charge in [0.05, 0.1) is 5.52 Å². The number of likely N-dealkylation sites (N-methyl/N-ethyl adjacent to an activating group) is 1. The Morgan fingerprint density at radius 3 is 2.70 bits per heavy atom. The van der Waals surface area contributed by atoms with Gasteiger partial charge in [-0.05, 0) is 45.6 Å². The third-order valence-electron chi connectivity index (χ3n) is 3.88. The molecule has 0 unspecified atom stereocenters. The van der Waals surface area contributed by atoms with Crippen LogP contribution in [0.4, 0.5) is 0 Å². The molecule has 108 valence electrons. The highest BCUT2D eigenvalue weighted by Gasteiger charge is 2.19. The molecule has 0 spiro atoms. The molecule has 0 aliphatic heterocycles. The van der Waals surface area contributed by atoms with Crippen LogP contribution in [0.3, 0.4) is 0 Å². The molecule has 0 aliphatic rings. The third kappa shape index (κ3) is 3.37. The Kier molecular flexibility index (Phi) is 4.78. The van der Waals surface area contributed by atoms with Crippen LogP contribution >= 0.6 is 15.9 Å². The van der Waals surface area contributed by atoms with Crippen LogP contribution in [0, 0.1) is 0 Å². The highest BCUT2D eigenvalue weighted by Crippen LogP contribution is 2.25. The summed E-state index contributed by atoms with van der Waals surface area (Å²) in [6.07, 6.45) is 1.85. The summed E-state index contributed by atoms with van der Waals surface area (Å²) in [4.78, 5) is 6.75. The Bertz CT molecular complexity index is 593. The zero-order chi connectivity index (χ0) is 14.8. The Hall–Kier alpha value is -0.970. The van der Waals surface area contributed by atoms with E-state index in [1.807, 2.05) is 12.3 Å². The normalized spacial score (nSPS) is 12.3. The highest BCUT2D eigenvalue weighted by atomic mass is 79.9. The summed E-state index contributed by atoms with van der Waals surface area (Å²) in [6.45, 7) is 6.23. The van der Waals surface area contributed by atoms with E-state index in [1.165, 1.54) is 10.9 Å². The molecule has 1 aromatic heterocycles. The number of benzene rings is 1. The van der Waals surface area contributed by atoms with Crippen LogP contribution in [0.1, 0.15) is 19.4 Å². The van der Waals surface area contributed by atoms with Crippen LogP contribution in [0.25, 0.3) is 10.9 Å². The van der Waals surface area contributed by atoms with Crippen molar-refractivity contribution in [2.24, 2.45) is 0 Å². The maximum atomic E-state index is 4.51. The predicted molar refractivity (Wildman–Crippen MR) is 88.9 cm³/mol.